The molecule has 3 aliphatic rings. The molecule has 5 heterocycles. The van der Waals surface area contributed by atoms with Gasteiger partial charge in [0.1, 0.15) is 11.6 Å². The van der Waals surface area contributed by atoms with E-state index in [2.05, 4.69) is 54.2 Å². The number of benzene rings is 2. The first-order chi connectivity index (χ1) is 18.5. The maximum Gasteiger partial charge on any atom is 0.265 e. The van der Waals surface area contributed by atoms with E-state index in [4.69, 9.17) is 16.6 Å². The molecule has 0 spiro atoms. The SMILES string of the molecule is Cc1nnc2n1-c1ccc(Cl)cc1C(c1ccccc1)=NCC2.O=c1c(Br)ccc2n1CC1CNCC2C1. The second-order valence-corrected chi connectivity index (χ2v) is 11.3. The Bertz CT molecular complexity index is 1580. The van der Waals surface area contributed by atoms with Crippen molar-refractivity contribution in [2.24, 2.45) is 10.9 Å². The van der Waals surface area contributed by atoms with Gasteiger partial charge in [0.2, 0.25) is 0 Å². The fourth-order valence-corrected chi connectivity index (χ4v) is 6.25. The molecule has 0 aliphatic carbocycles. The number of nitrogens with zero attached hydrogens (tertiary/aromatic N) is 5. The van der Waals surface area contributed by atoms with Gasteiger partial charge in [-0.1, -0.05) is 41.9 Å². The zero-order chi connectivity index (χ0) is 26.2. The van der Waals surface area contributed by atoms with Crippen molar-refractivity contribution in [1.29, 1.82) is 0 Å². The van der Waals surface area contributed by atoms with E-state index in [9.17, 15) is 4.79 Å². The Kier molecular flexibility index (Phi) is 7.03. The molecule has 4 aromatic rings. The highest BCUT2D eigenvalue weighted by Crippen LogP contribution is 2.32. The van der Waals surface area contributed by atoms with Crippen molar-refractivity contribution < 1.29 is 0 Å². The van der Waals surface area contributed by atoms with Gasteiger partial charge in [0.25, 0.3) is 5.56 Å². The van der Waals surface area contributed by atoms with Crippen LogP contribution in [0.2, 0.25) is 5.02 Å². The zero-order valence-electron chi connectivity index (χ0n) is 21.1. The van der Waals surface area contributed by atoms with Gasteiger partial charge in [0, 0.05) is 53.8 Å². The topological polar surface area (TPSA) is 77.1 Å². The van der Waals surface area contributed by atoms with Crippen LogP contribution in [0.25, 0.3) is 5.69 Å². The summed E-state index contributed by atoms with van der Waals surface area (Å²) in [4.78, 5) is 16.8. The molecule has 1 fully saturated rings. The van der Waals surface area contributed by atoms with Crippen LogP contribution < -0.4 is 10.9 Å². The maximum atomic E-state index is 11.9. The number of aliphatic imine (C=N–C) groups is 1. The first-order valence-corrected chi connectivity index (χ1v) is 14.1. The fourth-order valence-electron chi connectivity index (χ4n) is 5.73. The quantitative estimate of drug-likeness (QED) is 0.340. The summed E-state index contributed by atoms with van der Waals surface area (Å²) in [6, 6.07) is 20.0. The second kappa shape index (κ2) is 10.6. The second-order valence-electron chi connectivity index (χ2n) is 9.99. The van der Waals surface area contributed by atoms with E-state index in [1.54, 1.807) is 0 Å². The molecule has 3 aliphatic heterocycles. The van der Waals surface area contributed by atoms with Crippen LogP contribution in [0.1, 0.15) is 40.8 Å². The lowest BCUT2D eigenvalue weighted by Crippen LogP contribution is -2.44. The van der Waals surface area contributed by atoms with Gasteiger partial charge in [-0.3, -0.25) is 14.4 Å². The first-order valence-electron chi connectivity index (χ1n) is 12.9. The Morgan fingerprint density at radius 3 is 2.74 bits per heavy atom. The van der Waals surface area contributed by atoms with Crippen molar-refractivity contribution in [3.63, 3.8) is 0 Å². The van der Waals surface area contributed by atoms with E-state index >= 15 is 0 Å². The normalized spacial score (nSPS) is 19.5. The van der Waals surface area contributed by atoms with E-state index in [-0.39, 0.29) is 5.56 Å². The minimum atomic E-state index is 0.129. The molecule has 2 unspecified atom stereocenters. The molecule has 1 N–H and O–H groups in total. The Hall–Kier alpha value is -3.07. The van der Waals surface area contributed by atoms with Gasteiger partial charge < -0.3 is 9.88 Å². The highest BCUT2D eigenvalue weighted by Gasteiger charge is 2.31. The predicted octanol–water partition coefficient (Wildman–Crippen LogP) is 4.94. The van der Waals surface area contributed by atoms with Crippen molar-refractivity contribution in [1.82, 2.24) is 24.6 Å². The van der Waals surface area contributed by atoms with Crippen LogP contribution in [0.4, 0.5) is 0 Å². The molecule has 2 aromatic heterocycles. The third kappa shape index (κ3) is 4.77. The van der Waals surface area contributed by atoms with Crippen molar-refractivity contribution in [3.8, 4) is 5.69 Å². The molecule has 2 bridgehead atoms. The van der Waals surface area contributed by atoms with E-state index in [1.165, 1.54) is 12.1 Å². The lowest BCUT2D eigenvalue weighted by molar-refractivity contribution is 0.257. The molecule has 7 nitrogen and oxygen atoms in total. The summed E-state index contributed by atoms with van der Waals surface area (Å²) in [5.74, 6) is 2.96. The van der Waals surface area contributed by atoms with Crippen LogP contribution in [0.5, 0.6) is 0 Å². The van der Waals surface area contributed by atoms with E-state index in [0.29, 0.717) is 27.9 Å². The van der Waals surface area contributed by atoms with Crippen molar-refractivity contribution in [2.75, 3.05) is 19.6 Å². The summed E-state index contributed by atoms with van der Waals surface area (Å²) in [7, 11) is 0. The van der Waals surface area contributed by atoms with Gasteiger partial charge in [-0.05, 0) is 72.1 Å². The molecule has 2 aromatic carbocycles. The largest absolute Gasteiger partial charge is 0.316 e. The van der Waals surface area contributed by atoms with Gasteiger partial charge in [0.15, 0.2) is 0 Å². The average molecular weight is 592 g/mol. The Labute approximate surface area is 234 Å². The Balaban J connectivity index is 0.000000152. The number of fused-ring (bicyclic) bond motifs is 7. The number of piperidine rings is 1. The third-order valence-electron chi connectivity index (χ3n) is 7.46. The third-order valence-corrected chi connectivity index (χ3v) is 8.30. The maximum absolute atomic E-state index is 11.9. The number of hydrogen-bond acceptors (Lipinski definition) is 5. The molecule has 1 saturated heterocycles. The number of rotatable bonds is 1. The smallest absolute Gasteiger partial charge is 0.265 e. The molecule has 0 radical (unpaired) electrons. The molecular weight excluding hydrogens is 564 g/mol. The molecule has 194 valence electrons. The van der Waals surface area contributed by atoms with E-state index < -0.39 is 0 Å². The van der Waals surface area contributed by atoms with Crippen LogP contribution in [-0.2, 0) is 13.0 Å². The van der Waals surface area contributed by atoms with Crippen LogP contribution in [0.15, 0.2) is 74.9 Å². The number of aryl methyl sites for hydroxylation is 1. The summed E-state index contributed by atoms with van der Waals surface area (Å²) in [5, 5.41) is 12.6. The van der Waals surface area contributed by atoms with Crippen molar-refractivity contribution in [2.45, 2.75) is 32.2 Å². The van der Waals surface area contributed by atoms with Gasteiger partial charge in [-0.2, -0.15) is 0 Å². The number of nitrogens with one attached hydrogen (secondary N) is 1. The molecule has 9 heteroatoms. The van der Waals surface area contributed by atoms with Crippen LogP contribution in [0, 0.1) is 12.8 Å². The number of pyridine rings is 1. The monoisotopic (exact) mass is 590 g/mol. The predicted molar refractivity (Wildman–Crippen MR) is 154 cm³/mol. The van der Waals surface area contributed by atoms with Crippen LogP contribution in [0.3, 0.4) is 0 Å². The highest BCUT2D eigenvalue weighted by molar-refractivity contribution is 9.10. The Morgan fingerprint density at radius 2 is 1.89 bits per heavy atom. The minimum absolute atomic E-state index is 0.129. The molecule has 7 rings (SSSR count). The van der Waals surface area contributed by atoms with Crippen molar-refractivity contribution >= 4 is 33.2 Å². The molecule has 0 amide bonds. The molecule has 0 saturated carbocycles. The number of aromatic nitrogens is 4. The highest BCUT2D eigenvalue weighted by atomic mass is 79.9. The van der Waals surface area contributed by atoms with Crippen LogP contribution in [-0.4, -0.2) is 44.7 Å². The summed E-state index contributed by atoms with van der Waals surface area (Å²) < 4.78 is 4.73. The van der Waals surface area contributed by atoms with Gasteiger partial charge in [0.05, 0.1) is 15.9 Å². The van der Waals surface area contributed by atoms with Crippen molar-refractivity contribution in [3.05, 3.63) is 109 Å². The van der Waals surface area contributed by atoms with Gasteiger partial charge in [-0.25, -0.2) is 0 Å². The summed E-state index contributed by atoms with van der Waals surface area (Å²) >= 11 is 9.57. The zero-order valence-corrected chi connectivity index (χ0v) is 23.4. The van der Waals surface area contributed by atoms with Gasteiger partial charge in [-0.15, -0.1) is 10.2 Å². The summed E-state index contributed by atoms with van der Waals surface area (Å²) in [6.45, 7) is 5.58. The Morgan fingerprint density at radius 1 is 1.05 bits per heavy atom. The molecule has 2 atom stereocenters. The summed E-state index contributed by atoms with van der Waals surface area (Å²) in [6.07, 6.45) is 1.99. The minimum Gasteiger partial charge on any atom is -0.316 e. The average Bonchev–Trinajstić information content (AvgIpc) is 3.28. The molecular formula is C29H28BrClN6O. The van der Waals surface area contributed by atoms with Crippen LogP contribution >= 0.6 is 27.5 Å². The summed E-state index contributed by atoms with van der Waals surface area (Å²) in [5.41, 5.74) is 5.41. The first kappa shape index (κ1) is 25.2. The lowest BCUT2D eigenvalue weighted by atomic mass is 9.84. The van der Waals surface area contributed by atoms with E-state index in [0.717, 1.165) is 60.2 Å². The molecule has 38 heavy (non-hydrogen) atoms. The van der Waals surface area contributed by atoms with E-state index in [1.807, 2.05) is 54.0 Å². The van der Waals surface area contributed by atoms with Gasteiger partial charge >= 0.3 is 0 Å². The number of hydrogen-bond donors (Lipinski definition) is 1. The lowest BCUT2D eigenvalue weighted by Gasteiger charge is -2.37. The number of halogens is 2. The standard InChI is InChI=1S/C18H15ClN4.C11H13BrN2O/c1-12-21-22-17-9-10-20-18(13-5-3-2-4-6-13)15-11-14(19)7-8-16(15)23(12)17;12-9-1-2-10-8-3-7(4-13-5-8)6-14(10)11(9)15/h2-8,11H,9-10H2,1H3;1-2,7-8,13H,3-6H2. The fraction of sp³-hybridized carbons (Fsp3) is 0.310.